The summed E-state index contributed by atoms with van der Waals surface area (Å²) in [5.74, 6) is 1.90. The van der Waals surface area contributed by atoms with E-state index in [2.05, 4.69) is 60.6 Å². The highest BCUT2D eigenvalue weighted by atomic mass is 32.2. The van der Waals surface area contributed by atoms with Gasteiger partial charge in [-0.25, -0.2) is 0 Å². The Hall–Kier alpha value is -0.770. The fourth-order valence-corrected chi connectivity index (χ4v) is 4.72. The molecular weight excluding hydrogens is 270 g/mol. The van der Waals surface area contributed by atoms with Crippen LogP contribution in [0.2, 0.25) is 0 Å². The van der Waals surface area contributed by atoms with Crippen molar-refractivity contribution < 1.29 is 0 Å². The summed E-state index contributed by atoms with van der Waals surface area (Å²) in [6.45, 7) is 3.45. The molecule has 1 aliphatic rings. The average Bonchev–Trinajstić information content (AvgIpc) is 3.08. The smallest absolute Gasteiger partial charge is 0.0410 e. The van der Waals surface area contributed by atoms with Gasteiger partial charge in [-0.1, -0.05) is 24.3 Å². The van der Waals surface area contributed by atoms with Gasteiger partial charge < -0.3 is 0 Å². The third kappa shape index (κ3) is 2.73. The minimum atomic E-state index is 0.512. The van der Waals surface area contributed by atoms with E-state index in [0.717, 1.165) is 6.54 Å². The molecule has 0 aliphatic carbocycles. The van der Waals surface area contributed by atoms with Crippen LogP contribution in [0.25, 0.3) is 0 Å². The van der Waals surface area contributed by atoms with Crippen molar-refractivity contribution in [3.63, 3.8) is 0 Å². The summed E-state index contributed by atoms with van der Waals surface area (Å²) in [6, 6.07) is 13.8. The van der Waals surface area contributed by atoms with Crippen LogP contribution in [-0.2, 0) is 0 Å². The van der Waals surface area contributed by atoms with Crippen molar-refractivity contribution in [2.75, 3.05) is 19.3 Å². The molecule has 0 N–H and O–H groups in total. The first kappa shape index (κ1) is 13.2. The number of thioether (sulfide) groups is 1. The van der Waals surface area contributed by atoms with E-state index >= 15 is 0 Å². The van der Waals surface area contributed by atoms with E-state index in [1.165, 1.54) is 21.1 Å². The predicted molar refractivity (Wildman–Crippen MR) is 85.3 cm³/mol. The fourth-order valence-electron chi connectivity index (χ4n) is 2.63. The van der Waals surface area contributed by atoms with Gasteiger partial charge >= 0.3 is 0 Å². The Kier molecular flexibility index (Phi) is 3.96. The summed E-state index contributed by atoms with van der Waals surface area (Å²) < 4.78 is 0. The summed E-state index contributed by atoms with van der Waals surface area (Å²) in [7, 11) is 2.25. The van der Waals surface area contributed by atoms with Crippen LogP contribution in [0.4, 0.5) is 0 Å². The molecule has 0 spiro atoms. The van der Waals surface area contributed by atoms with Crippen LogP contribution in [0.15, 0.2) is 46.7 Å². The Morgan fingerprint density at radius 3 is 2.89 bits per heavy atom. The molecule has 0 fully saturated rings. The molecule has 0 bridgehead atoms. The minimum absolute atomic E-state index is 0.512. The second-order valence-electron chi connectivity index (χ2n) is 5.18. The lowest BCUT2D eigenvalue weighted by Crippen LogP contribution is -2.27. The van der Waals surface area contributed by atoms with Crippen molar-refractivity contribution in [2.45, 2.75) is 23.8 Å². The van der Waals surface area contributed by atoms with Gasteiger partial charge in [0.1, 0.15) is 0 Å². The third-order valence-corrected chi connectivity index (χ3v) is 6.22. The molecule has 3 heteroatoms. The van der Waals surface area contributed by atoms with E-state index in [9.17, 15) is 0 Å². The third-order valence-electron chi connectivity index (χ3n) is 3.92. The normalized spacial score (nSPS) is 19.6. The topological polar surface area (TPSA) is 3.24 Å². The van der Waals surface area contributed by atoms with Crippen molar-refractivity contribution in [1.82, 2.24) is 4.90 Å². The highest BCUT2D eigenvalue weighted by Crippen LogP contribution is 2.40. The molecule has 0 saturated carbocycles. The monoisotopic (exact) mass is 289 g/mol. The molecule has 1 aliphatic heterocycles. The number of likely N-dealkylation sites (N-methyl/N-ethyl adjacent to an activating group) is 1. The second kappa shape index (κ2) is 5.70. The second-order valence-corrected chi connectivity index (χ2v) is 7.22. The zero-order valence-electron chi connectivity index (χ0n) is 11.4. The van der Waals surface area contributed by atoms with Gasteiger partial charge in [0.05, 0.1) is 0 Å². The van der Waals surface area contributed by atoms with E-state index in [1.54, 1.807) is 0 Å². The van der Waals surface area contributed by atoms with E-state index in [4.69, 9.17) is 0 Å². The van der Waals surface area contributed by atoms with Crippen LogP contribution in [-0.4, -0.2) is 24.2 Å². The zero-order valence-corrected chi connectivity index (χ0v) is 13.0. The lowest BCUT2D eigenvalue weighted by atomic mass is 10.0. The molecule has 2 unspecified atom stereocenters. The molecular formula is C16H19NS2. The Morgan fingerprint density at radius 1 is 1.26 bits per heavy atom. The van der Waals surface area contributed by atoms with Crippen LogP contribution >= 0.6 is 23.1 Å². The van der Waals surface area contributed by atoms with Crippen LogP contribution in [0, 0.1) is 0 Å². The van der Waals surface area contributed by atoms with Crippen LogP contribution < -0.4 is 0 Å². The van der Waals surface area contributed by atoms with Gasteiger partial charge in [-0.2, -0.15) is 0 Å². The number of nitrogens with zero attached hydrogens (tertiary/aromatic N) is 1. The lowest BCUT2D eigenvalue weighted by molar-refractivity contribution is 0.253. The summed E-state index contributed by atoms with van der Waals surface area (Å²) >= 11 is 3.86. The molecule has 2 aromatic rings. The molecule has 0 amide bonds. The van der Waals surface area contributed by atoms with Gasteiger partial charge in [0.25, 0.3) is 0 Å². The molecule has 0 saturated heterocycles. The van der Waals surface area contributed by atoms with Gasteiger partial charge in [-0.3, -0.25) is 4.90 Å². The lowest BCUT2D eigenvalue weighted by Gasteiger charge is -2.26. The van der Waals surface area contributed by atoms with Crippen molar-refractivity contribution >= 4 is 23.1 Å². The highest BCUT2D eigenvalue weighted by molar-refractivity contribution is 7.99. The molecule has 1 aromatic carbocycles. The van der Waals surface area contributed by atoms with Crippen LogP contribution in [0.5, 0.6) is 0 Å². The molecule has 2 atom stereocenters. The maximum absolute atomic E-state index is 2.49. The largest absolute Gasteiger partial charge is 0.298 e. The van der Waals surface area contributed by atoms with Crippen molar-refractivity contribution in [3.05, 3.63) is 52.2 Å². The zero-order chi connectivity index (χ0) is 13.2. The number of rotatable bonds is 4. The predicted octanol–water partition coefficient (Wildman–Crippen LogP) is 4.63. The average molecular weight is 289 g/mol. The fraction of sp³-hybridized carbons (Fsp3) is 0.375. The molecule has 1 nitrogen and oxygen atoms in total. The Labute approximate surface area is 123 Å². The van der Waals surface area contributed by atoms with Gasteiger partial charge in [-0.05, 0) is 37.0 Å². The van der Waals surface area contributed by atoms with Gasteiger partial charge in [0.2, 0.25) is 0 Å². The number of thiophene rings is 1. The Bertz CT molecular complexity index is 535. The van der Waals surface area contributed by atoms with Crippen molar-refractivity contribution in [3.8, 4) is 0 Å². The molecule has 1 aromatic heterocycles. The first-order valence-electron chi connectivity index (χ1n) is 6.71. The van der Waals surface area contributed by atoms with Crippen molar-refractivity contribution in [1.29, 1.82) is 0 Å². The van der Waals surface area contributed by atoms with E-state index in [1.807, 2.05) is 23.1 Å². The van der Waals surface area contributed by atoms with E-state index < -0.39 is 0 Å². The number of hydrogen-bond donors (Lipinski definition) is 0. The first-order chi connectivity index (χ1) is 9.25. The summed E-state index contributed by atoms with van der Waals surface area (Å²) in [5.41, 5.74) is 1.54. The Morgan fingerprint density at radius 2 is 2.11 bits per heavy atom. The SMILES string of the molecule is CC(c1cccs1)N(C)CC1CSc2ccccc21. The first-order valence-corrected chi connectivity index (χ1v) is 8.57. The summed E-state index contributed by atoms with van der Waals surface area (Å²) in [6.07, 6.45) is 0. The van der Waals surface area contributed by atoms with Gasteiger partial charge in [0, 0.05) is 34.0 Å². The quantitative estimate of drug-likeness (QED) is 0.807. The number of fused-ring (bicyclic) bond motifs is 1. The van der Waals surface area contributed by atoms with Gasteiger partial charge in [-0.15, -0.1) is 23.1 Å². The maximum Gasteiger partial charge on any atom is 0.0410 e. The van der Waals surface area contributed by atoms with Crippen LogP contribution in [0.1, 0.15) is 29.3 Å². The standard InChI is InChI=1S/C16H19NS2/c1-12(15-8-5-9-18-15)17(2)10-13-11-19-16-7-4-3-6-14(13)16/h3-9,12-13H,10-11H2,1-2H3. The van der Waals surface area contributed by atoms with E-state index in [-0.39, 0.29) is 0 Å². The summed E-state index contributed by atoms with van der Waals surface area (Å²) in [5, 5.41) is 2.17. The number of hydrogen-bond acceptors (Lipinski definition) is 3. The van der Waals surface area contributed by atoms with Gasteiger partial charge in [0.15, 0.2) is 0 Å². The highest BCUT2D eigenvalue weighted by Gasteiger charge is 2.25. The summed E-state index contributed by atoms with van der Waals surface area (Å²) in [4.78, 5) is 5.42. The maximum atomic E-state index is 2.49. The van der Waals surface area contributed by atoms with Crippen LogP contribution in [0.3, 0.4) is 0 Å². The molecule has 19 heavy (non-hydrogen) atoms. The molecule has 2 heterocycles. The minimum Gasteiger partial charge on any atom is -0.298 e. The molecule has 0 radical (unpaired) electrons. The molecule has 100 valence electrons. The molecule has 3 rings (SSSR count). The number of benzene rings is 1. The van der Waals surface area contributed by atoms with E-state index in [0.29, 0.717) is 12.0 Å². The Balaban J connectivity index is 1.69. The van der Waals surface area contributed by atoms with Crippen molar-refractivity contribution in [2.24, 2.45) is 0 Å².